The lowest BCUT2D eigenvalue weighted by Crippen LogP contribution is -2.42. The van der Waals surface area contributed by atoms with Crippen LogP contribution in [0, 0.1) is 11.7 Å². The zero-order valence-corrected chi connectivity index (χ0v) is 16.9. The van der Waals surface area contributed by atoms with E-state index in [9.17, 15) is 9.18 Å². The summed E-state index contributed by atoms with van der Waals surface area (Å²) in [6, 6.07) is 6.73. The quantitative estimate of drug-likeness (QED) is 0.247. The number of nitrogens with zero attached hydrogens (tertiary/aromatic N) is 1. The number of hydrogen-bond acceptors (Lipinski definition) is 2. The number of benzene rings is 1. The van der Waals surface area contributed by atoms with Crippen molar-refractivity contribution in [2.45, 2.75) is 27.2 Å². The molecule has 0 aliphatic heterocycles. The number of rotatable bonds is 8. The monoisotopic (exact) mass is 450 g/mol. The zero-order valence-electron chi connectivity index (χ0n) is 14.6. The average Bonchev–Trinajstić information content (AvgIpc) is 2.52. The van der Waals surface area contributed by atoms with Gasteiger partial charge in [-0.05, 0) is 25.0 Å². The second-order valence-corrected chi connectivity index (χ2v) is 5.47. The minimum absolute atomic E-state index is 0. The van der Waals surface area contributed by atoms with Gasteiger partial charge < -0.3 is 16.0 Å². The van der Waals surface area contributed by atoms with Crippen LogP contribution in [0.2, 0.25) is 0 Å². The molecule has 0 bridgehead atoms. The molecule has 136 valence electrons. The highest BCUT2D eigenvalue weighted by Gasteiger charge is 2.05. The minimum atomic E-state index is -0.197. The van der Waals surface area contributed by atoms with Gasteiger partial charge in [-0.25, -0.2) is 4.39 Å². The summed E-state index contributed by atoms with van der Waals surface area (Å²) in [7, 11) is 0. The van der Waals surface area contributed by atoms with Crippen molar-refractivity contribution in [3.05, 3.63) is 35.6 Å². The van der Waals surface area contributed by atoms with E-state index in [0.29, 0.717) is 37.6 Å². The number of amides is 1. The van der Waals surface area contributed by atoms with Crippen LogP contribution >= 0.6 is 24.0 Å². The third-order valence-electron chi connectivity index (χ3n) is 3.19. The largest absolute Gasteiger partial charge is 0.357 e. The van der Waals surface area contributed by atoms with E-state index < -0.39 is 0 Å². The first-order valence-electron chi connectivity index (χ1n) is 8.07. The lowest BCUT2D eigenvalue weighted by atomic mass is 10.1. The molecule has 7 heteroatoms. The molecule has 1 rings (SSSR count). The smallest absolute Gasteiger partial charge is 0.222 e. The molecule has 0 unspecified atom stereocenters. The number of nitrogens with one attached hydrogen (secondary N) is 3. The van der Waals surface area contributed by atoms with E-state index in [1.807, 2.05) is 26.8 Å². The molecule has 1 amide bonds. The number of carbonyl (C=O) groups is 1. The number of halogens is 2. The summed E-state index contributed by atoms with van der Waals surface area (Å²) in [5.74, 6) is 0.491. The minimum Gasteiger partial charge on any atom is -0.357 e. The first-order valence-corrected chi connectivity index (χ1v) is 8.07. The number of guanidine groups is 1. The first kappa shape index (κ1) is 22.6. The Morgan fingerprint density at radius 2 is 1.83 bits per heavy atom. The lowest BCUT2D eigenvalue weighted by Gasteiger charge is -2.12. The van der Waals surface area contributed by atoms with Gasteiger partial charge in [-0.15, -0.1) is 24.0 Å². The van der Waals surface area contributed by atoms with Gasteiger partial charge in [-0.2, -0.15) is 0 Å². The molecule has 0 fully saturated rings. The maximum atomic E-state index is 13.5. The number of aliphatic imine (C=N–C) groups is 1. The molecule has 0 spiro atoms. The molecule has 1 aromatic carbocycles. The van der Waals surface area contributed by atoms with Crippen molar-refractivity contribution in [2.75, 3.05) is 26.2 Å². The van der Waals surface area contributed by atoms with Crippen LogP contribution in [0.15, 0.2) is 29.3 Å². The molecule has 1 aromatic rings. The van der Waals surface area contributed by atoms with E-state index in [1.165, 1.54) is 6.07 Å². The van der Waals surface area contributed by atoms with Crippen molar-refractivity contribution < 1.29 is 9.18 Å². The van der Waals surface area contributed by atoms with Crippen molar-refractivity contribution in [3.63, 3.8) is 0 Å². The Balaban J connectivity index is 0.00000529. The van der Waals surface area contributed by atoms with Gasteiger partial charge in [0.1, 0.15) is 5.82 Å². The number of hydrogen-bond donors (Lipinski definition) is 3. The van der Waals surface area contributed by atoms with Crippen LogP contribution in [0.5, 0.6) is 0 Å². The van der Waals surface area contributed by atoms with E-state index >= 15 is 0 Å². The predicted octanol–water partition coefficient (Wildman–Crippen LogP) is 2.31. The maximum Gasteiger partial charge on any atom is 0.222 e. The van der Waals surface area contributed by atoms with Gasteiger partial charge in [0.05, 0.1) is 0 Å². The van der Waals surface area contributed by atoms with E-state index in [1.54, 1.807) is 12.1 Å². The molecule has 0 aliphatic rings. The van der Waals surface area contributed by atoms with E-state index in [4.69, 9.17) is 0 Å². The van der Waals surface area contributed by atoms with Gasteiger partial charge >= 0.3 is 0 Å². The fraction of sp³-hybridized carbons (Fsp3) is 0.529. The molecule has 0 heterocycles. The molecule has 5 nitrogen and oxygen atoms in total. The molecule has 24 heavy (non-hydrogen) atoms. The predicted molar refractivity (Wildman–Crippen MR) is 107 cm³/mol. The van der Waals surface area contributed by atoms with E-state index in [0.717, 1.165) is 6.54 Å². The summed E-state index contributed by atoms with van der Waals surface area (Å²) < 4.78 is 13.5. The second-order valence-electron chi connectivity index (χ2n) is 5.47. The summed E-state index contributed by atoms with van der Waals surface area (Å²) in [6.45, 7) is 8.06. The number of carbonyl (C=O) groups excluding carboxylic acids is 1. The van der Waals surface area contributed by atoms with E-state index in [2.05, 4.69) is 20.9 Å². The van der Waals surface area contributed by atoms with Gasteiger partial charge in [0.25, 0.3) is 0 Å². The topological polar surface area (TPSA) is 65.5 Å². The SMILES string of the molecule is CCNC(=NCCc1ccccc1F)NCCNC(=O)C(C)C.I. The van der Waals surface area contributed by atoms with Gasteiger partial charge in [0.15, 0.2) is 5.96 Å². The molecule has 0 saturated carbocycles. The molecular formula is C17H28FIN4O. The molecule has 0 saturated heterocycles. The highest BCUT2D eigenvalue weighted by molar-refractivity contribution is 14.0. The summed E-state index contributed by atoms with van der Waals surface area (Å²) in [4.78, 5) is 15.9. The molecular weight excluding hydrogens is 422 g/mol. The third kappa shape index (κ3) is 9.05. The Bertz CT molecular complexity index is 523. The van der Waals surface area contributed by atoms with Crippen LogP contribution in [0.4, 0.5) is 4.39 Å². The van der Waals surface area contributed by atoms with Gasteiger partial charge in [-0.3, -0.25) is 9.79 Å². The first-order chi connectivity index (χ1) is 11.0. The summed E-state index contributed by atoms with van der Waals surface area (Å²) in [6.07, 6.45) is 0.549. The van der Waals surface area contributed by atoms with E-state index in [-0.39, 0.29) is 41.6 Å². The van der Waals surface area contributed by atoms with Crippen molar-refractivity contribution in [1.29, 1.82) is 0 Å². The van der Waals surface area contributed by atoms with Crippen molar-refractivity contribution in [3.8, 4) is 0 Å². The van der Waals surface area contributed by atoms with Gasteiger partial charge in [-0.1, -0.05) is 32.0 Å². The second kappa shape index (κ2) is 13.0. The molecule has 0 aliphatic carbocycles. The summed E-state index contributed by atoms with van der Waals surface area (Å²) >= 11 is 0. The summed E-state index contributed by atoms with van der Waals surface area (Å²) in [5, 5.41) is 9.11. The lowest BCUT2D eigenvalue weighted by molar-refractivity contribution is -0.123. The van der Waals surface area contributed by atoms with Crippen LogP contribution in [0.3, 0.4) is 0 Å². The fourth-order valence-corrected chi connectivity index (χ4v) is 1.90. The summed E-state index contributed by atoms with van der Waals surface area (Å²) in [5.41, 5.74) is 0.663. The van der Waals surface area contributed by atoms with Crippen LogP contribution in [-0.2, 0) is 11.2 Å². The Labute approximate surface area is 160 Å². The third-order valence-corrected chi connectivity index (χ3v) is 3.19. The standard InChI is InChI=1S/C17H27FN4O.HI/c1-4-19-17(22-12-11-20-16(23)13(2)3)21-10-9-14-7-5-6-8-15(14)18;/h5-8,13H,4,9-12H2,1-3H3,(H,20,23)(H2,19,21,22);1H. The van der Waals surface area contributed by atoms with Crippen LogP contribution in [0.25, 0.3) is 0 Å². The van der Waals surface area contributed by atoms with Crippen LogP contribution in [0.1, 0.15) is 26.3 Å². The van der Waals surface area contributed by atoms with Crippen LogP contribution in [-0.4, -0.2) is 38.0 Å². The highest BCUT2D eigenvalue weighted by atomic mass is 127. The highest BCUT2D eigenvalue weighted by Crippen LogP contribution is 2.06. The fourth-order valence-electron chi connectivity index (χ4n) is 1.90. The Morgan fingerprint density at radius 1 is 1.17 bits per heavy atom. The molecule has 0 aromatic heterocycles. The maximum absolute atomic E-state index is 13.5. The van der Waals surface area contributed by atoms with Gasteiger partial charge in [0, 0.05) is 32.1 Å². The Morgan fingerprint density at radius 3 is 2.46 bits per heavy atom. The molecule has 3 N–H and O–H groups in total. The normalized spacial score (nSPS) is 11.0. The van der Waals surface area contributed by atoms with Crippen LogP contribution < -0.4 is 16.0 Å². The van der Waals surface area contributed by atoms with Crippen molar-refractivity contribution in [2.24, 2.45) is 10.9 Å². The zero-order chi connectivity index (χ0) is 17.1. The average molecular weight is 450 g/mol. The Kier molecular flexibility index (Phi) is 12.2. The van der Waals surface area contributed by atoms with Crippen molar-refractivity contribution >= 4 is 35.8 Å². The van der Waals surface area contributed by atoms with Crippen molar-refractivity contribution in [1.82, 2.24) is 16.0 Å². The van der Waals surface area contributed by atoms with Gasteiger partial charge in [0.2, 0.25) is 5.91 Å². The molecule has 0 radical (unpaired) electrons. The Hall–Kier alpha value is -1.38. The molecule has 0 atom stereocenters.